The Balaban J connectivity index is 2.22. The number of nitrogens with zero attached hydrogens (tertiary/aromatic N) is 1. The Hall–Kier alpha value is -2.48. The molecule has 0 amide bonds. The lowest BCUT2D eigenvalue weighted by Gasteiger charge is -2.08. The summed E-state index contributed by atoms with van der Waals surface area (Å²) in [6.45, 7) is 4.13. The van der Waals surface area contributed by atoms with Crippen LogP contribution in [0.25, 0.3) is 10.8 Å². The fourth-order valence-electron chi connectivity index (χ4n) is 2.35. The fourth-order valence-corrected chi connectivity index (χ4v) is 2.35. The number of hydrogen-bond donors (Lipinski definition) is 0. The second-order valence-electron chi connectivity index (χ2n) is 5.01. The summed E-state index contributed by atoms with van der Waals surface area (Å²) in [5.74, 6) is -0.0283. The molecule has 3 rings (SSSR count). The summed E-state index contributed by atoms with van der Waals surface area (Å²) in [6, 6.07) is 15.4. The number of ketones is 1. The van der Waals surface area contributed by atoms with Crippen molar-refractivity contribution in [3.8, 4) is 0 Å². The molecule has 0 N–H and O–H groups in total. The molecule has 0 spiro atoms. The van der Waals surface area contributed by atoms with E-state index in [0.717, 1.165) is 10.8 Å². The molecule has 0 aliphatic heterocycles. The SMILES string of the molecule is Cc1cc2ccnc(C(=O)c3ccccc3)c2cc1C. The number of fused-ring (bicyclic) bond motifs is 1. The number of aryl methyl sites for hydroxylation is 2. The van der Waals surface area contributed by atoms with Crippen LogP contribution in [0, 0.1) is 13.8 Å². The molecule has 0 atom stereocenters. The maximum atomic E-state index is 12.6. The molecule has 3 aromatic rings. The van der Waals surface area contributed by atoms with E-state index in [9.17, 15) is 4.79 Å². The first-order valence-corrected chi connectivity index (χ1v) is 6.62. The topological polar surface area (TPSA) is 30.0 Å². The van der Waals surface area contributed by atoms with Crippen LogP contribution in [0.1, 0.15) is 27.2 Å². The third-order valence-electron chi connectivity index (χ3n) is 3.63. The Morgan fingerprint density at radius 1 is 0.950 bits per heavy atom. The molecule has 0 aliphatic carbocycles. The summed E-state index contributed by atoms with van der Waals surface area (Å²) in [5.41, 5.74) is 3.59. The summed E-state index contributed by atoms with van der Waals surface area (Å²) < 4.78 is 0. The number of hydrogen-bond acceptors (Lipinski definition) is 2. The summed E-state index contributed by atoms with van der Waals surface area (Å²) >= 11 is 0. The van der Waals surface area contributed by atoms with Gasteiger partial charge in [-0.3, -0.25) is 9.78 Å². The van der Waals surface area contributed by atoms with Gasteiger partial charge in [0.25, 0.3) is 0 Å². The van der Waals surface area contributed by atoms with E-state index in [0.29, 0.717) is 11.3 Å². The Morgan fingerprint density at radius 3 is 2.40 bits per heavy atom. The van der Waals surface area contributed by atoms with Crippen molar-refractivity contribution in [3.05, 3.63) is 77.1 Å². The van der Waals surface area contributed by atoms with Gasteiger partial charge >= 0.3 is 0 Å². The maximum absolute atomic E-state index is 12.6. The number of pyridine rings is 1. The van der Waals surface area contributed by atoms with Gasteiger partial charge in [0.2, 0.25) is 5.78 Å². The third-order valence-corrected chi connectivity index (χ3v) is 3.63. The zero-order valence-corrected chi connectivity index (χ0v) is 11.6. The van der Waals surface area contributed by atoms with Gasteiger partial charge in [0.15, 0.2) is 0 Å². The first kappa shape index (κ1) is 12.5. The van der Waals surface area contributed by atoms with E-state index in [1.807, 2.05) is 42.5 Å². The van der Waals surface area contributed by atoms with Gasteiger partial charge in [-0.2, -0.15) is 0 Å². The van der Waals surface area contributed by atoms with Crippen molar-refractivity contribution in [2.75, 3.05) is 0 Å². The van der Waals surface area contributed by atoms with Crippen LogP contribution in [-0.2, 0) is 0 Å². The lowest BCUT2D eigenvalue weighted by atomic mass is 9.98. The van der Waals surface area contributed by atoms with Crippen molar-refractivity contribution in [1.29, 1.82) is 0 Å². The van der Waals surface area contributed by atoms with Gasteiger partial charge in [-0.25, -0.2) is 0 Å². The van der Waals surface area contributed by atoms with Gasteiger partial charge in [-0.05, 0) is 42.5 Å². The zero-order chi connectivity index (χ0) is 14.1. The average Bonchev–Trinajstić information content (AvgIpc) is 2.48. The van der Waals surface area contributed by atoms with Crippen molar-refractivity contribution in [1.82, 2.24) is 4.98 Å². The summed E-state index contributed by atoms with van der Waals surface area (Å²) in [4.78, 5) is 16.9. The highest BCUT2D eigenvalue weighted by Crippen LogP contribution is 2.23. The number of carbonyl (C=O) groups excluding carboxylic acids is 1. The molecule has 1 heterocycles. The number of aromatic nitrogens is 1. The van der Waals surface area contributed by atoms with Gasteiger partial charge in [0.1, 0.15) is 5.69 Å². The fraction of sp³-hybridized carbons (Fsp3) is 0.111. The van der Waals surface area contributed by atoms with E-state index in [2.05, 4.69) is 24.9 Å². The average molecular weight is 261 g/mol. The predicted molar refractivity (Wildman–Crippen MR) is 81.1 cm³/mol. The molecular formula is C18H15NO. The van der Waals surface area contributed by atoms with E-state index in [1.54, 1.807) is 6.20 Å². The van der Waals surface area contributed by atoms with Crippen LogP contribution in [0.15, 0.2) is 54.7 Å². The van der Waals surface area contributed by atoms with Crippen LogP contribution in [0.2, 0.25) is 0 Å². The van der Waals surface area contributed by atoms with Crippen molar-refractivity contribution in [2.45, 2.75) is 13.8 Å². The summed E-state index contributed by atoms with van der Waals surface area (Å²) in [5, 5.41) is 1.98. The molecule has 0 unspecified atom stereocenters. The van der Waals surface area contributed by atoms with Crippen molar-refractivity contribution in [3.63, 3.8) is 0 Å². The number of carbonyl (C=O) groups is 1. The number of rotatable bonds is 2. The highest BCUT2D eigenvalue weighted by Gasteiger charge is 2.14. The normalized spacial score (nSPS) is 10.7. The largest absolute Gasteiger partial charge is 0.287 e. The molecule has 0 saturated carbocycles. The van der Waals surface area contributed by atoms with Crippen molar-refractivity contribution < 1.29 is 4.79 Å². The molecule has 0 saturated heterocycles. The van der Waals surface area contributed by atoms with Gasteiger partial charge < -0.3 is 0 Å². The van der Waals surface area contributed by atoms with Crippen molar-refractivity contribution in [2.24, 2.45) is 0 Å². The Bertz CT molecular complexity index is 791. The number of benzene rings is 2. The molecule has 2 nitrogen and oxygen atoms in total. The van der Waals surface area contributed by atoms with E-state index in [-0.39, 0.29) is 5.78 Å². The Kier molecular flexibility index (Phi) is 3.07. The molecule has 20 heavy (non-hydrogen) atoms. The lowest BCUT2D eigenvalue weighted by molar-refractivity contribution is 0.103. The van der Waals surface area contributed by atoms with Gasteiger partial charge in [-0.15, -0.1) is 0 Å². The van der Waals surface area contributed by atoms with Crippen LogP contribution in [0.5, 0.6) is 0 Å². The minimum Gasteiger partial charge on any atom is -0.287 e. The molecule has 0 fully saturated rings. The molecule has 0 bridgehead atoms. The summed E-state index contributed by atoms with van der Waals surface area (Å²) in [7, 11) is 0. The second-order valence-corrected chi connectivity index (χ2v) is 5.01. The predicted octanol–water partition coefficient (Wildman–Crippen LogP) is 4.08. The van der Waals surface area contributed by atoms with Crippen LogP contribution < -0.4 is 0 Å². The highest BCUT2D eigenvalue weighted by molar-refractivity contribution is 6.15. The van der Waals surface area contributed by atoms with Crippen LogP contribution in [0.3, 0.4) is 0 Å². The molecule has 0 radical (unpaired) electrons. The lowest BCUT2D eigenvalue weighted by Crippen LogP contribution is -2.05. The molecular weight excluding hydrogens is 246 g/mol. The minimum absolute atomic E-state index is 0.0283. The molecule has 98 valence electrons. The monoisotopic (exact) mass is 261 g/mol. The quantitative estimate of drug-likeness (QED) is 0.650. The maximum Gasteiger partial charge on any atom is 0.211 e. The molecule has 2 heteroatoms. The van der Waals surface area contributed by atoms with Gasteiger partial charge in [-0.1, -0.05) is 36.4 Å². The Labute approximate surface area is 118 Å². The second kappa shape index (κ2) is 4.89. The molecule has 1 aromatic heterocycles. The van der Waals surface area contributed by atoms with E-state index < -0.39 is 0 Å². The molecule has 2 aromatic carbocycles. The van der Waals surface area contributed by atoms with E-state index in [4.69, 9.17) is 0 Å². The summed E-state index contributed by atoms with van der Waals surface area (Å²) in [6.07, 6.45) is 1.70. The smallest absolute Gasteiger partial charge is 0.211 e. The van der Waals surface area contributed by atoms with Crippen LogP contribution in [0.4, 0.5) is 0 Å². The van der Waals surface area contributed by atoms with E-state index >= 15 is 0 Å². The minimum atomic E-state index is -0.0283. The van der Waals surface area contributed by atoms with Crippen LogP contribution in [-0.4, -0.2) is 10.8 Å². The van der Waals surface area contributed by atoms with Gasteiger partial charge in [0.05, 0.1) is 0 Å². The zero-order valence-electron chi connectivity index (χ0n) is 11.6. The first-order chi connectivity index (χ1) is 9.66. The highest BCUT2D eigenvalue weighted by atomic mass is 16.1. The third kappa shape index (κ3) is 2.10. The van der Waals surface area contributed by atoms with Crippen LogP contribution >= 0.6 is 0 Å². The van der Waals surface area contributed by atoms with Crippen molar-refractivity contribution >= 4 is 16.6 Å². The first-order valence-electron chi connectivity index (χ1n) is 6.62. The van der Waals surface area contributed by atoms with Gasteiger partial charge in [0, 0.05) is 17.1 Å². The standard InChI is InChI=1S/C18H15NO/c1-12-10-15-8-9-19-17(16(15)11-13(12)2)18(20)14-6-4-3-5-7-14/h3-11H,1-2H3. The Morgan fingerprint density at radius 2 is 1.65 bits per heavy atom. The molecule has 0 aliphatic rings. The van der Waals surface area contributed by atoms with E-state index in [1.165, 1.54) is 11.1 Å².